The number of benzene rings is 1. The van der Waals surface area contributed by atoms with Crippen LogP contribution in [0.25, 0.3) is 0 Å². The largest absolute Gasteiger partial charge is 0.493 e. The van der Waals surface area contributed by atoms with Crippen molar-refractivity contribution in [3.63, 3.8) is 0 Å². The van der Waals surface area contributed by atoms with Gasteiger partial charge in [0.05, 0.1) is 20.6 Å². The molecule has 1 heterocycles. The fraction of sp³-hybridized carbons (Fsp3) is 0.500. The first-order valence-electron chi connectivity index (χ1n) is 6.27. The van der Waals surface area contributed by atoms with Crippen molar-refractivity contribution in [2.75, 3.05) is 27.3 Å². The lowest BCUT2D eigenvalue weighted by Gasteiger charge is -2.38. The first kappa shape index (κ1) is 13.7. The van der Waals surface area contributed by atoms with Gasteiger partial charge in [-0.25, -0.2) is 0 Å². The van der Waals surface area contributed by atoms with Crippen LogP contribution in [0.2, 0.25) is 0 Å². The molecule has 5 heteroatoms. The van der Waals surface area contributed by atoms with Crippen molar-refractivity contribution in [3.05, 3.63) is 23.8 Å². The van der Waals surface area contributed by atoms with E-state index in [4.69, 9.17) is 14.6 Å². The van der Waals surface area contributed by atoms with Gasteiger partial charge in [0.1, 0.15) is 0 Å². The molecule has 1 aromatic rings. The fourth-order valence-electron chi connectivity index (χ4n) is 2.42. The molecular formula is C14H19NO4. The molecule has 1 saturated heterocycles. The van der Waals surface area contributed by atoms with Gasteiger partial charge >= 0.3 is 5.97 Å². The predicted molar refractivity (Wildman–Crippen MR) is 70.6 cm³/mol. The number of rotatable bonds is 6. The Labute approximate surface area is 112 Å². The zero-order valence-corrected chi connectivity index (χ0v) is 11.3. The van der Waals surface area contributed by atoms with Gasteiger partial charge in [-0.3, -0.25) is 9.69 Å². The van der Waals surface area contributed by atoms with Crippen LogP contribution in [0.4, 0.5) is 0 Å². The molecule has 0 aromatic heterocycles. The van der Waals surface area contributed by atoms with Crippen LogP contribution >= 0.6 is 0 Å². The molecule has 0 saturated carbocycles. The van der Waals surface area contributed by atoms with Crippen LogP contribution in [0.3, 0.4) is 0 Å². The summed E-state index contributed by atoms with van der Waals surface area (Å²) in [4.78, 5) is 12.8. The van der Waals surface area contributed by atoms with Gasteiger partial charge in [0.15, 0.2) is 11.5 Å². The van der Waals surface area contributed by atoms with E-state index in [2.05, 4.69) is 4.90 Å². The van der Waals surface area contributed by atoms with E-state index >= 15 is 0 Å². The summed E-state index contributed by atoms with van der Waals surface area (Å²) < 4.78 is 10.5. The number of likely N-dealkylation sites (tertiary alicyclic amines) is 1. The van der Waals surface area contributed by atoms with Crippen LogP contribution in [0.5, 0.6) is 11.5 Å². The number of aliphatic carboxylic acids is 1. The standard InChI is InChI=1S/C14H19NO4/c1-18-12-4-3-10(5-13(12)19-2)7-15-8-11(9-15)6-14(16)17/h3-5,11H,6-9H2,1-2H3,(H,16,17). The Morgan fingerprint density at radius 1 is 1.32 bits per heavy atom. The van der Waals surface area contributed by atoms with E-state index in [-0.39, 0.29) is 12.3 Å². The molecule has 1 aliphatic heterocycles. The van der Waals surface area contributed by atoms with Gasteiger partial charge in [0.2, 0.25) is 0 Å². The highest BCUT2D eigenvalue weighted by Crippen LogP contribution is 2.29. The fourth-order valence-corrected chi connectivity index (χ4v) is 2.42. The topological polar surface area (TPSA) is 59.0 Å². The van der Waals surface area contributed by atoms with Crippen LogP contribution < -0.4 is 9.47 Å². The lowest BCUT2D eigenvalue weighted by atomic mass is 9.96. The zero-order chi connectivity index (χ0) is 13.8. The van der Waals surface area contributed by atoms with Gasteiger partial charge in [0, 0.05) is 19.6 Å². The molecule has 5 nitrogen and oxygen atoms in total. The molecule has 0 amide bonds. The van der Waals surface area contributed by atoms with Crippen LogP contribution in [-0.4, -0.2) is 43.3 Å². The second-order valence-corrected chi connectivity index (χ2v) is 4.85. The normalized spacial score (nSPS) is 15.9. The number of carboxylic acids is 1. The third-order valence-electron chi connectivity index (χ3n) is 3.35. The summed E-state index contributed by atoms with van der Waals surface area (Å²) in [5.74, 6) is 1.02. The van der Waals surface area contributed by atoms with Gasteiger partial charge in [0.25, 0.3) is 0 Å². The molecule has 0 aliphatic carbocycles. The molecule has 1 N–H and O–H groups in total. The van der Waals surface area contributed by atoms with Crippen molar-refractivity contribution in [2.24, 2.45) is 5.92 Å². The van der Waals surface area contributed by atoms with Crippen molar-refractivity contribution < 1.29 is 19.4 Å². The summed E-state index contributed by atoms with van der Waals surface area (Å²) in [6.07, 6.45) is 0.266. The smallest absolute Gasteiger partial charge is 0.303 e. The Hall–Kier alpha value is -1.75. The lowest BCUT2D eigenvalue weighted by molar-refractivity contribution is -0.139. The molecule has 0 spiro atoms. The zero-order valence-electron chi connectivity index (χ0n) is 11.3. The van der Waals surface area contributed by atoms with E-state index < -0.39 is 5.97 Å². The van der Waals surface area contributed by atoms with E-state index in [0.29, 0.717) is 0 Å². The summed E-state index contributed by atoms with van der Waals surface area (Å²) in [6, 6.07) is 5.86. The second kappa shape index (κ2) is 5.93. The molecule has 1 fully saturated rings. The first-order chi connectivity index (χ1) is 9.12. The van der Waals surface area contributed by atoms with Crippen molar-refractivity contribution in [3.8, 4) is 11.5 Å². The summed E-state index contributed by atoms with van der Waals surface area (Å²) in [6.45, 7) is 2.51. The van der Waals surface area contributed by atoms with E-state index in [1.54, 1.807) is 14.2 Å². The van der Waals surface area contributed by atoms with Crippen molar-refractivity contribution in [1.82, 2.24) is 4.90 Å². The van der Waals surface area contributed by atoms with E-state index in [1.807, 2.05) is 18.2 Å². The summed E-state index contributed by atoms with van der Waals surface area (Å²) in [7, 11) is 3.23. The van der Waals surface area contributed by atoms with Crippen LogP contribution in [0, 0.1) is 5.92 Å². The highest BCUT2D eigenvalue weighted by atomic mass is 16.5. The molecule has 0 bridgehead atoms. The second-order valence-electron chi connectivity index (χ2n) is 4.85. The Morgan fingerprint density at radius 2 is 2.00 bits per heavy atom. The summed E-state index contributed by atoms with van der Waals surface area (Å²) in [5, 5.41) is 8.70. The number of methoxy groups -OCH3 is 2. The van der Waals surface area contributed by atoms with Crippen LogP contribution in [0.1, 0.15) is 12.0 Å². The number of ether oxygens (including phenoxy) is 2. The van der Waals surface area contributed by atoms with Crippen molar-refractivity contribution in [2.45, 2.75) is 13.0 Å². The Kier molecular flexibility index (Phi) is 4.27. The minimum absolute atomic E-state index is 0.266. The minimum atomic E-state index is -0.712. The minimum Gasteiger partial charge on any atom is -0.493 e. The van der Waals surface area contributed by atoms with E-state index in [0.717, 1.165) is 36.7 Å². The molecule has 2 rings (SSSR count). The first-order valence-corrected chi connectivity index (χ1v) is 6.27. The number of hydrogen-bond donors (Lipinski definition) is 1. The number of carbonyl (C=O) groups is 1. The van der Waals surface area contributed by atoms with Gasteiger partial charge in [-0.05, 0) is 23.6 Å². The van der Waals surface area contributed by atoms with E-state index in [9.17, 15) is 4.79 Å². The molecule has 0 unspecified atom stereocenters. The SMILES string of the molecule is COc1ccc(CN2CC(CC(=O)O)C2)cc1OC. The van der Waals surface area contributed by atoms with E-state index in [1.165, 1.54) is 0 Å². The summed E-state index contributed by atoms with van der Waals surface area (Å²) >= 11 is 0. The number of carboxylic acid groups (broad SMARTS) is 1. The van der Waals surface area contributed by atoms with Gasteiger partial charge in [-0.15, -0.1) is 0 Å². The molecule has 104 valence electrons. The maximum absolute atomic E-state index is 10.6. The molecule has 19 heavy (non-hydrogen) atoms. The van der Waals surface area contributed by atoms with Gasteiger partial charge in [-0.2, -0.15) is 0 Å². The maximum atomic E-state index is 10.6. The highest BCUT2D eigenvalue weighted by Gasteiger charge is 2.28. The highest BCUT2D eigenvalue weighted by molar-refractivity contribution is 5.67. The average molecular weight is 265 g/mol. The lowest BCUT2D eigenvalue weighted by Crippen LogP contribution is -2.46. The maximum Gasteiger partial charge on any atom is 0.303 e. The quantitative estimate of drug-likeness (QED) is 0.846. The third kappa shape index (κ3) is 3.38. The van der Waals surface area contributed by atoms with Gasteiger partial charge in [-0.1, -0.05) is 6.07 Å². The Morgan fingerprint density at radius 3 is 2.58 bits per heavy atom. The monoisotopic (exact) mass is 265 g/mol. The molecule has 1 aromatic carbocycles. The third-order valence-corrected chi connectivity index (χ3v) is 3.35. The van der Waals surface area contributed by atoms with Crippen LogP contribution in [0.15, 0.2) is 18.2 Å². The van der Waals surface area contributed by atoms with Crippen LogP contribution in [-0.2, 0) is 11.3 Å². The van der Waals surface area contributed by atoms with Crippen molar-refractivity contribution in [1.29, 1.82) is 0 Å². The van der Waals surface area contributed by atoms with Crippen molar-refractivity contribution >= 4 is 5.97 Å². The Bertz CT molecular complexity index is 455. The number of hydrogen-bond acceptors (Lipinski definition) is 4. The molecular weight excluding hydrogens is 246 g/mol. The predicted octanol–water partition coefficient (Wildman–Crippen LogP) is 1.61. The molecule has 0 radical (unpaired) electrons. The number of nitrogens with zero attached hydrogens (tertiary/aromatic N) is 1. The molecule has 1 aliphatic rings. The molecule has 0 atom stereocenters. The average Bonchev–Trinajstić information content (AvgIpc) is 2.35. The Balaban J connectivity index is 1.89. The van der Waals surface area contributed by atoms with Gasteiger partial charge < -0.3 is 14.6 Å². The summed E-state index contributed by atoms with van der Waals surface area (Å²) in [5.41, 5.74) is 1.14.